The van der Waals surface area contributed by atoms with Crippen LogP contribution in [-0.2, 0) is 94.3 Å². The molecular formula is C25H55N7O22Y2. The first-order valence-corrected chi connectivity index (χ1v) is 15.6. The van der Waals surface area contributed by atoms with Crippen LogP contribution in [0.15, 0.2) is 0 Å². The summed E-state index contributed by atoms with van der Waals surface area (Å²) in [5.74, 6) is 0.741. The van der Waals surface area contributed by atoms with Crippen molar-refractivity contribution in [2.45, 2.75) is 97.7 Å². The Hall–Kier alpha value is -3.18. The number of nitrogens with zero attached hydrogens (tertiary/aromatic N) is 4. The molecule has 0 aromatic rings. The molecule has 56 heavy (non-hydrogen) atoms. The molecule has 0 heterocycles. The fourth-order valence-corrected chi connectivity index (χ4v) is 2.77. The number of hydrogen-bond donors (Lipinski definition) is 9. The molecule has 0 aromatic heterocycles. The van der Waals surface area contributed by atoms with Gasteiger partial charge < -0.3 is 51.2 Å². The van der Waals surface area contributed by atoms with Gasteiger partial charge >= 0.3 is 12.3 Å². The van der Waals surface area contributed by atoms with Crippen LogP contribution in [0.5, 0.6) is 0 Å². The average molecular weight is 984 g/mol. The summed E-state index contributed by atoms with van der Waals surface area (Å²) in [6.07, 6.45) is 3.64. The van der Waals surface area contributed by atoms with E-state index in [1.54, 1.807) is 13.8 Å². The van der Waals surface area contributed by atoms with Gasteiger partial charge in [0.15, 0.2) is 0 Å². The van der Waals surface area contributed by atoms with Crippen LogP contribution in [0, 0.1) is 57.7 Å². The van der Waals surface area contributed by atoms with E-state index < -0.39 is 44.9 Å². The molecular weight excluding hydrogens is 928 g/mol. The molecule has 0 rings (SSSR count). The first kappa shape index (κ1) is 70.6. The molecule has 31 heteroatoms. The van der Waals surface area contributed by atoms with Gasteiger partial charge in [-0.3, -0.25) is 15.9 Å². The average Bonchev–Trinajstić information content (AvgIpc) is 3.06. The van der Waals surface area contributed by atoms with E-state index in [1.807, 2.05) is 13.8 Å². The van der Waals surface area contributed by atoms with Crippen LogP contribution < -0.4 is 11.5 Å². The molecule has 0 fully saturated rings. The topological polar surface area (TPSA) is 459 Å². The Bertz CT molecular complexity index is 926. The monoisotopic (exact) mass is 983 g/mol. The maximum absolute atomic E-state index is 10.1. The van der Waals surface area contributed by atoms with Gasteiger partial charge in [0.2, 0.25) is 0 Å². The molecule has 0 aliphatic rings. The van der Waals surface area contributed by atoms with Crippen molar-refractivity contribution in [1.29, 1.82) is 5.41 Å². The number of rotatable bonds is 23. The van der Waals surface area contributed by atoms with Crippen molar-refractivity contribution in [3.05, 3.63) is 40.5 Å². The van der Waals surface area contributed by atoms with E-state index in [2.05, 4.69) is 28.9 Å². The smallest absolute Gasteiger partial charge is 0.450 e. The normalized spacial score (nSPS) is 11.1. The van der Waals surface area contributed by atoms with Crippen molar-refractivity contribution in [2.24, 2.45) is 23.3 Å². The molecule has 2 radical (unpaired) electrons. The molecule has 4 atom stereocenters. The summed E-state index contributed by atoms with van der Waals surface area (Å²) in [4.78, 5) is 71.4. The zero-order valence-corrected chi connectivity index (χ0v) is 37.2. The molecule has 0 saturated carbocycles. The Labute approximate surface area is 371 Å². The maximum Gasteiger partial charge on any atom is 0.505 e. The van der Waals surface area contributed by atoms with Gasteiger partial charge in [0, 0.05) is 71.8 Å². The molecule has 0 aromatic carbocycles. The van der Waals surface area contributed by atoms with E-state index in [4.69, 9.17) is 68.2 Å². The number of carbonyl (C=O) groups is 2. The molecule has 0 amide bonds. The van der Waals surface area contributed by atoms with E-state index >= 15 is 0 Å². The summed E-state index contributed by atoms with van der Waals surface area (Å²) in [6, 6.07) is 0. The van der Waals surface area contributed by atoms with Crippen molar-refractivity contribution in [3.8, 4) is 0 Å². The van der Waals surface area contributed by atoms with Gasteiger partial charge in [-0.1, -0.05) is 40.5 Å². The van der Waals surface area contributed by atoms with Crippen LogP contribution in [-0.4, -0.2) is 115 Å². The molecule has 0 aliphatic heterocycles. The van der Waals surface area contributed by atoms with Crippen LogP contribution in [0.3, 0.4) is 0 Å². The van der Waals surface area contributed by atoms with Crippen molar-refractivity contribution in [2.75, 3.05) is 33.0 Å². The van der Waals surface area contributed by atoms with E-state index in [-0.39, 0.29) is 97.0 Å². The largest absolute Gasteiger partial charge is 0.505 e. The van der Waals surface area contributed by atoms with E-state index in [9.17, 15) is 29.8 Å². The third-order valence-corrected chi connectivity index (χ3v) is 5.47. The van der Waals surface area contributed by atoms with Gasteiger partial charge in [-0.05, 0) is 56.9 Å². The zero-order chi connectivity index (χ0) is 43.5. The molecule has 0 spiro atoms. The third-order valence-electron chi connectivity index (χ3n) is 5.47. The first-order chi connectivity index (χ1) is 25.1. The van der Waals surface area contributed by atoms with Crippen LogP contribution in [0.4, 0.5) is 9.59 Å². The SMILES string of the molecule is CC(CCCCC(=N)N)COC(=O)O.CC(CCCCN)COC(=O)O.CCC(CO[N+](=O)[O-])OO.CCC(CO[N+](=O)[O-])OO.O=[N+]([O-])O.O=[N+]([O-])O.[Y].[Y]. The first-order valence-electron chi connectivity index (χ1n) is 15.6. The van der Waals surface area contributed by atoms with Crippen LogP contribution in [0.2, 0.25) is 0 Å². The number of nitrogens with two attached hydrogens (primary N) is 2. The van der Waals surface area contributed by atoms with Crippen LogP contribution >= 0.6 is 0 Å². The fraction of sp³-hybridized carbons (Fsp3) is 0.880. The van der Waals surface area contributed by atoms with Gasteiger partial charge in [0.25, 0.3) is 20.3 Å². The molecule has 328 valence electrons. The van der Waals surface area contributed by atoms with Gasteiger partial charge in [-0.15, -0.1) is 40.5 Å². The second kappa shape index (κ2) is 53.9. The quantitative estimate of drug-likeness (QED) is 0.0134. The van der Waals surface area contributed by atoms with Gasteiger partial charge in [-0.2, -0.15) is 0 Å². The number of ether oxygens (including phenoxy) is 2. The third kappa shape index (κ3) is 93.0. The molecule has 4 unspecified atom stereocenters. The van der Waals surface area contributed by atoms with Crippen molar-refractivity contribution < 1.29 is 155 Å². The fourth-order valence-electron chi connectivity index (χ4n) is 2.77. The minimum absolute atomic E-state index is 0. The number of amidine groups is 1. The molecule has 0 aliphatic carbocycles. The van der Waals surface area contributed by atoms with Crippen LogP contribution in [0.1, 0.15) is 85.5 Å². The minimum atomic E-state index is -1.50. The van der Waals surface area contributed by atoms with Gasteiger partial charge in [0.05, 0.1) is 19.0 Å². The van der Waals surface area contributed by atoms with E-state index in [0.717, 1.165) is 38.5 Å². The maximum atomic E-state index is 10.1. The Kier molecular flexibility index (Phi) is 68.0. The predicted octanol–water partition coefficient (Wildman–Crippen LogP) is 3.48. The second-order valence-corrected chi connectivity index (χ2v) is 10.2. The number of nitrogens with one attached hydrogen (secondary N) is 1. The summed E-state index contributed by atoms with van der Waals surface area (Å²) in [6.45, 7) is 8.10. The molecule has 0 saturated heterocycles. The standard InChI is InChI=1S/C9H18N2O3.C8H17NO3.2C4H9NO5.2HNO3.2Y/c1-7(6-14-9(12)13)4-2-3-5-8(10)11;1-7(4-2-3-5-9)6-12-8(10)11;2*1-2-4(10-8)3-9-5(6)7;2*2-1(3)4;;/h7H,2-6H2,1H3,(H3,10,11)(H,12,13);7H,2-6,9H2,1H3,(H,10,11);2*4,8H,2-3H2,1H3;2*(H,2,3,4);;. The number of hydrogen-bond acceptors (Lipinski definition) is 20. The van der Waals surface area contributed by atoms with Gasteiger partial charge in [0.1, 0.15) is 25.4 Å². The molecule has 29 nitrogen and oxygen atoms in total. The Morgan fingerprint density at radius 3 is 1.20 bits per heavy atom. The zero-order valence-electron chi connectivity index (χ0n) is 31.5. The van der Waals surface area contributed by atoms with E-state index in [0.29, 0.717) is 38.3 Å². The molecule has 11 N–H and O–H groups in total. The number of unbranched alkanes of at least 4 members (excludes halogenated alkanes) is 2. The minimum Gasteiger partial charge on any atom is -0.450 e. The van der Waals surface area contributed by atoms with Crippen molar-refractivity contribution >= 4 is 18.1 Å². The Morgan fingerprint density at radius 2 is 0.982 bits per heavy atom. The summed E-state index contributed by atoms with van der Waals surface area (Å²) in [5, 5.41) is 84.1. The summed E-state index contributed by atoms with van der Waals surface area (Å²) in [7, 11) is 0. The second-order valence-electron chi connectivity index (χ2n) is 10.2. The predicted molar refractivity (Wildman–Crippen MR) is 179 cm³/mol. The number of carboxylic acid groups (broad SMARTS) is 2. The van der Waals surface area contributed by atoms with Gasteiger partial charge in [-0.25, -0.2) is 19.4 Å². The van der Waals surface area contributed by atoms with E-state index in [1.165, 1.54) is 0 Å². The van der Waals surface area contributed by atoms with Crippen LogP contribution in [0.25, 0.3) is 0 Å². The summed E-state index contributed by atoms with van der Waals surface area (Å²) in [5.41, 5.74) is 10.5. The summed E-state index contributed by atoms with van der Waals surface area (Å²) < 4.78 is 8.85. The molecule has 0 bridgehead atoms. The Balaban J connectivity index is -0.0000000853. The van der Waals surface area contributed by atoms with Crippen molar-refractivity contribution in [1.82, 2.24) is 0 Å². The van der Waals surface area contributed by atoms with Crippen molar-refractivity contribution in [3.63, 3.8) is 0 Å². The summed E-state index contributed by atoms with van der Waals surface area (Å²) >= 11 is 0. The Morgan fingerprint density at radius 1 is 0.679 bits per heavy atom.